The number of nitrogens with two attached hydrogens (primary N) is 1. The van der Waals surface area contributed by atoms with Crippen molar-refractivity contribution in [2.24, 2.45) is 5.73 Å². The number of carbonyl (C=O) groups excluding carboxylic acids is 2. The quantitative estimate of drug-likeness (QED) is 0.191. The molecular formula is C8H15NO7. The van der Waals surface area contributed by atoms with Crippen molar-refractivity contribution in [2.45, 2.75) is 23.9 Å². The molecule has 0 aliphatic heterocycles. The zero-order valence-corrected chi connectivity index (χ0v) is 8.35. The van der Waals surface area contributed by atoms with Crippen LogP contribution in [0.1, 0.15) is 0 Å². The molecule has 0 aromatic rings. The fraction of sp³-hybridized carbons (Fsp3) is 0.750. The van der Waals surface area contributed by atoms with Gasteiger partial charge in [0.2, 0.25) is 5.60 Å². The lowest BCUT2D eigenvalue weighted by atomic mass is 9.87. The third-order valence-electron chi connectivity index (χ3n) is 2.17. The van der Waals surface area contributed by atoms with Gasteiger partial charge in [-0.25, -0.2) is 0 Å². The predicted molar refractivity (Wildman–Crippen MR) is 50.2 cm³/mol. The summed E-state index contributed by atoms with van der Waals surface area (Å²) in [6.07, 6.45) is -6.41. The van der Waals surface area contributed by atoms with Crippen LogP contribution in [0, 0.1) is 0 Å². The van der Waals surface area contributed by atoms with Gasteiger partial charge >= 0.3 is 0 Å². The highest BCUT2D eigenvalue weighted by Gasteiger charge is 2.47. The molecule has 7 N–H and O–H groups in total. The minimum atomic E-state index is -2.90. The van der Waals surface area contributed by atoms with Gasteiger partial charge in [0, 0.05) is 0 Å². The average Bonchev–Trinajstić information content (AvgIpc) is 2.33. The minimum absolute atomic E-state index is 0.278. The molecule has 0 saturated heterocycles. The van der Waals surface area contributed by atoms with Gasteiger partial charge in [-0.1, -0.05) is 0 Å². The van der Waals surface area contributed by atoms with Crippen LogP contribution >= 0.6 is 0 Å². The molecule has 0 fully saturated rings. The molecule has 0 aromatic carbocycles. The Morgan fingerprint density at radius 2 is 1.88 bits per heavy atom. The van der Waals surface area contributed by atoms with E-state index >= 15 is 0 Å². The highest BCUT2D eigenvalue weighted by atomic mass is 16.4. The van der Waals surface area contributed by atoms with Crippen molar-refractivity contribution in [1.29, 1.82) is 0 Å². The van der Waals surface area contributed by atoms with E-state index in [-0.39, 0.29) is 6.29 Å². The van der Waals surface area contributed by atoms with Crippen molar-refractivity contribution in [3.8, 4) is 0 Å². The van der Waals surface area contributed by atoms with Crippen molar-refractivity contribution in [1.82, 2.24) is 0 Å². The first-order valence-electron chi connectivity index (χ1n) is 4.42. The molecule has 0 amide bonds. The number of carbonyl (C=O) groups is 2. The van der Waals surface area contributed by atoms with E-state index in [0.29, 0.717) is 0 Å². The first-order valence-corrected chi connectivity index (χ1v) is 4.42. The first-order chi connectivity index (χ1) is 7.34. The van der Waals surface area contributed by atoms with Crippen molar-refractivity contribution < 1.29 is 35.1 Å². The summed E-state index contributed by atoms with van der Waals surface area (Å²) < 4.78 is 0. The van der Waals surface area contributed by atoms with Gasteiger partial charge in [0.05, 0.1) is 13.2 Å². The molecule has 8 heteroatoms. The molecule has 0 aliphatic rings. The van der Waals surface area contributed by atoms with Crippen LogP contribution in [0.2, 0.25) is 0 Å². The van der Waals surface area contributed by atoms with Crippen molar-refractivity contribution in [3.05, 3.63) is 0 Å². The highest BCUT2D eigenvalue weighted by molar-refractivity contribution is 6.03. The molecule has 0 spiro atoms. The van der Waals surface area contributed by atoms with E-state index < -0.39 is 42.8 Å². The van der Waals surface area contributed by atoms with Gasteiger partial charge < -0.3 is 31.3 Å². The standard InChI is InChI=1S/C8H15NO7/c9-1-5(13)8(16,3-11)7(15)6(14)4(12)2-10/h3-4,6-7,10,12,14-16H,1-2,9H2/t4-,6-,7+,8-/m1/s1. The second-order valence-corrected chi connectivity index (χ2v) is 3.26. The third kappa shape index (κ3) is 2.82. The molecule has 0 aromatic heterocycles. The monoisotopic (exact) mass is 237 g/mol. The van der Waals surface area contributed by atoms with E-state index in [4.69, 9.17) is 15.9 Å². The maximum Gasteiger partial charge on any atom is 0.208 e. The smallest absolute Gasteiger partial charge is 0.208 e. The lowest BCUT2D eigenvalue weighted by Crippen LogP contribution is -2.60. The van der Waals surface area contributed by atoms with Gasteiger partial charge in [0.1, 0.15) is 18.3 Å². The summed E-state index contributed by atoms with van der Waals surface area (Å²) in [5.41, 5.74) is 2.01. The zero-order valence-electron chi connectivity index (χ0n) is 8.35. The second-order valence-electron chi connectivity index (χ2n) is 3.26. The number of aldehydes is 1. The first kappa shape index (κ1) is 15.1. The van der Waals surface area contributed by atoms with E-state index in [9.17, 15) is 24.9 Å². The number of hydrogen-bond acceptors (Lipinski definition) is 8. The van der Waals surface area contributed by atoms with Crippen LogP contribution in [0.25, 0.3) is 0 Å². The fourth-order valence-electron chi connectivity index (χ4n) is 1.04. The lowest BCUT2D eigenvalue weighted by Gasteiger charge is -2.30. The summed E-state index contributed by atoms with van der Waals surface area (Å²) in [5.74, 6) is -1.21. The third-order valence-corrected chi connectivity index (χ3v) is 2.17. The van der Waals surface area contributed by atoms with Gasteiger partial charge in [-0.15, -0.1) is 0 Å². The Kier molecular flexibility index (Phi) is 5.65. The SMILES string of the molecule is NCC(=O)[C@](O)(C=O)[C@@H](O)[C@H](O)[C@H](O)CO. The Labute approximate surface area is 90.9 Å². The summed E-state index contributed by atoms with van der Waals surface area (Å²) in [5, 5.41) is 45.5. The highest BCUT2D eigenvalue weighted by Crippen LogP contribution is 2.15. The van der Waals surface area contributed by atoms with Crippen LogP contribution in [0.5, 0.6) is 0 Å². The Balaban J connectivity index is 4.96. The summed E-state index contributed by atoms with van der Waals surface area (Å²) in [6.45, 7) is -1.64. The molecule has 0 aliphatic carbocycles. The van der Waals surface area contributed by atoms with Crippen molar-refractivity contribution in [3.63, 3.8) is 0 Å². The molecule has 0 saturated carbocycles. The Bertz CT molecular complexity index is 259. The predicted octanol–water partition coefficient (Wildman–Crippen LogP) is -4.48. The normalized spacial score (nSPS) is 20.6. The molecule has 94 valence electrons. The van der Waals surface area contributed by atoms with Crippen LogP contribution < -0.4 is 5.73 Å². The van der Waals surface area contributed by atoms with E-state index in [1.807, 2.05) is 0 Å². The van der Waals surface area contributed by atoms with E-state index in [1.165, 1.54) is 0 Å². The minimum Gasteiger partial charge on any atom is -0.394 e. The van der Waals surface area contributed by atoms with Gasteiger partial charge in [0.25, 0.3) is 0 Å². The van der Waals surface area contributed by atoms with E-state index in [2.05, 4.69) is 0 Å². The average molecular weight is 237 g/mol. The number of aliphatic hydroxyl groups is 5. The molecule has 4 atom stereocenters. The molecule has 0 bridgehead atoms. The van der Waals surface area contributed by atoms with Gasteiger partial charge in [-0.05, 0) is 0 Å². The zero-order chi connectivity index (χ0) is 12.9. The van der Waals surface area contributed by atoms with Gasteiger partial charge in [-0.2, -0.15) is 0 Å². The van der Waals surface area contributed by atoms with E-state index in [1.54, 1.807) is 0 Å². The van der Waals surface area contributed by atoms with Crippen LogP contribution in [-0.4, -0.2) is 74.7 Å². The summed E-state index contributed by atoms with van der Waals surface area (Å²) in [7, 11) is 0. The number of rotatable bonds is 7. The van der Waals surface area contributed by atoms with Crippen LogP contribution in [0.4, 0.5) is 0 Å². The Morgan fingerprint density at radius 3 is 2.19 bits per heavy atom. The topological polar surface area (TPSA) is 161 Å². The van der Waals surface area contributed by atoms with Crippen LogP contribution in [0.3, 0.4) is 0 Å². The maximum atomic E-state index is 11.1. The molecule has 0 heterocycles. The molecular weight excluding hydrogens is 222 g/mol. The van der Waals surface area contributed by atoms with Crippen LogP contribution in [0.15, 0.2) is 0 Å². The summed E-state index contributed by atoms with van der Waals surface area (Å²) in [6, 6.07) is 0. The second kappa shape index (κ2) is 5.99. The Hall–Kier alpha value is -0.900. The largest absolute Gasteiger partial charge is 0.394 e. The number of ketones is 1. The Morgan fingerprint density at radius 1 is 1.38 bits per heavy atom. The maximum absolute atomic E-state index is 11.1. The molecule has 0 radical (unpaired) electrons. The number of Topliss-reactive ketones (excluding diaryl/α,β-unsaturated/α-hetero) is 1. The lowest BCUT2D eigenvalue weighted by molar-refractivity contribution is -0.173. The molecule has 0 rings (SSSR count). The number of aliphatic hydroxyl groups excluding tert-OH is 4. The molecule has 0 unspecified atom stereocenters. The fourth-order valence-corrected chi connectivity index (χ4v) is 1.04. The van der Waals surface area contributed by atoms with Crippen molar-refractivity contribution >= 4 is 12.1 Å². The van der Waals surface area contributed by atoms with Gasteiger partial charge in [-0.3, -0.25) is 9.59 Å². The molecule has 16 heavy (non-hydrogen) atoms. The van der Waals surface area contributed by atoms with Gasteiger partial charge in [0.15, 0.2) is 12.1 Å². The van der Waals surface area contributed by atoms with E-state index in [0.717, 1.165) is 0 Å². The summed E-state index contributed by atoms with van der Waals surface area (Å²) >= 11 is 0. The summed E-state index contributed by atoms with van der Waals surface area (Å²) in [4.78, 5) is 21.6. The number of hydrogen-bond donors (Lipinski definition) is 6. The van der Waals surface area contributed by atoms with Crippen molar-refractivity contribution in [2.75, 3.05) is 13.2 Å². The van der Waals surface area contributed by atoms with Crippen LogP contribution in [-0.2, 0) is 9.59 Å². The molecule has 8 nitrogen and oxygen atoms in total.